The molecule has 0 fully saturated rings. The Morgan fingerprint density at radius 3 is 2.54 bits per heavy atom. The van der Waals surface area contributed by atoms with Gasteiger partial charge in [0.15, 0.2) is 0 Å². The molecule has 0 saturated heterocycles. The van der Waals surface area contributed by atoms with Crippen molar-refractivity contribution in [3.05, 3.63) is 90.3 Å². The molecule has 0 aliphatic heterocycles. The second-order valence-electron chi connectivity index (χ2n) is 10.4. The number of hydrogen-bond donors (Lipinski definition) is 4. The fourth-order valence-electron chi connectivity index (χ4n) is 5.23. The molecule has 2 amide bonds. The smallest absolute Gasteiger partial charge is 0.252 e. The Balaban J connectivity index is 1.27. The van der Waals surface area contributed by atoms with Crippen LogP contribution in [0.25, 0.3) is 33.2 Å². The monoisotopic (exact) mass is 549 g/mol. The first kappa shape index (κ1) is 27.8. The van der Waals surface area contributed by atoms with Crippen LogP contribution < -0.4 is 10.6 Å². The molecule has 2 aromatic heterocycles. The Morgan fingerprint density at radius 1 is 0.902 bits per heavy atom. The zero-order valence-electron chi connectivity index (χ0n) is 23.2. The van der Waals surface area contributed by atoms with Crippen molar-refractivity contribution >= 4 is 39.5 Å². The maximum Gasteiger partial charge on any atom is 0.252 e. The molecule has 8 nitrogen and oxygen atoms in total. The number of unbranched alkanes of at least 4 members (excludes halogenated alkanes) is 2. The molecule has 3 aromatic carbocycles. The standard InChI is InChI=1S/C33H35N5O3/c1-22(39)10-4-2-7-15-29(38-32(40)24-16-17-28-30(20-24)36-21-35-28)33(41)34-19-18-26-25-13-8-9-14-27(25)37-31(26)23-11-5-3-6-12-23/h3,5-6,8-9,11-14,16-17,20-21,29,37H,2,4,7,10,15,18-19H2,1H3,(H,34,41)(H,35,36)(H,38,40)/t29-/m0/s1. The van der Waals surface area contributed by atoms with Crippen molar-refractivity contribution in [1.82, 2.24) is 25.6 Å². The van der Waals surface area contributed by atoms with E-state index < -0.39 is 6.04 Å². The normalized spacial score (nSPS) is 11.9. The van der Waals surface area contributed by atoms with E-state index in [-0.39, 0.29) is 17.6 Å². The van der Waals surface area contributed by atoms with E-state index in [1.807, 2.05) is 30.3 Å². The third-order valence-electron chi connectivity index (χ3n) is 7.38. The zero-order valence-corrected chi connectivity index (χ0v) is 23.2. The molecule has 0 radical (unpaired) electrons. The molecule has 0 aliphatic carbocycles. The van der Waals surface area contributed by atoms with Crippen LogP contribution in [0.5, 0.6) is 0 Å². The second-order valence-corrected chi connectivity index (χ2v) is 10.4. The van der Waals surface area contributed by atoms with Gasteiger partial charge in [-0.1, -0.05) is 61.4 Å². The number of nitrogens with zero attached hydrogens (tertiary/aromatic N) is 1. The van der Waals surface area contributed by atoms with E-state index >= 15 is 0 Å². The molecule has 0 unspecified atom stereocenters. The summed E-state index contributed by atoms with van der Waals surface area (Å²) in [6, 6.07) is 22.9. The lowest BCUT2D eigenvalue weighted by Gasteiger charge is -2.19. The van der Waals surface area contributed by atoms with Crippen LogP contribution in [0.2, 0.25) is 0 Å². The first-order chi connectivity index (χ1) is 20.0. The van der Waals surface area contributed by atoms with Gasteiger partial charge < -0.3 is 25.4 Å². The third kappa shape index (κ3) is 6.90. The first-order valence-electron chi connectivity index (χ1n) is 14.2. The van der Waals surface area contributed by atoms with Gasteiger partial charge in [-0.3, -0.25) is 9.59 Å². The zero-order chi connectivity index (χ0) is 28.6. The average molecular weight is 550 g/mol. The predicted molar refractivity (Wildman–Crippen MR) is 162 cm³/mol. The highest BCUT2D eigenvalue weighted by atomic mass is 16.2. The third-order valence-corrected chi connectivity index (χ3v) is 7.38. The molecule has 0 aliphatic rings. The highest BCUT2D eigenvalue weighted by Gasteiger charge is 2.22. The number of hydrogen-bond acceptors (Lipinski definition) is 4. The summed E-state index contributed by atoms with van der Waals surface area (Å²) in [4.78, 5) is 48.6. The SMILES string of the molecule is CC(=O)CCCCC[C@H](NC(=O)c1ccc2nc[nH]c2c1)C(=O)NCCc1c(-c2ccccc2)[nH]c2ccccc12. The van der Waals surface area contributed by atoms with Crippen LogP contribution in [-0.2, 0) is 16.0 Å². The lowest BCUT2D eigenvalue weighted by atomic mass is 10.0. The number of para-hydroxylation sites is 1. The van der Waals surface area contributed by atoms with E-state index in [0.717, 1.165) is 58.0 Å². The van der Waals surface area contributed by atoms with E-state index in [4.69, 9.17) is 0 Å². The fourth-order valence-corrected chi connectivity index (χ4v) is 5.23. The first-order valence-corrected chi connectivity index (χ1v) is 14.2. The van der Waals surface area contributed by atoms with Gasteiger partial charge in [-0.15, -0.1) is 0 Å². The predicted octanol–water partition coefficient (Wildman–Crippen LogP) is 5.71. The van der Waals surface area contributed by atoms with Crippen molar-refractivity contribution in [1.29, 1.82) is 0 Å². The van der Waals surface area contributed by atoms with Crippen molar-refractivity contribution in [3.8, 4) is 11.3 Å². The minimum absolute atomic E-state index is 0.161. The van der Waals surface area contributed by atoms with Crippen molar-refractivity contribution in [2.24, 2.45) is 0 Å². The minimum atomic E-state index is -0.686. The summed E-state index contributed by atoms with van der Waals surface area (Å²) in [7, 11) is 0. The lowest BCUT2D eigenvalue weighted by molar-refractivity contribution is -0.123. The number of aromatic amines is 2. The second kappa shape index (κ2) is 13.1. The molecule has 8 heteroatoms. The van der Waals surface area contributed by atoms with Gasteiger partial charge in [-0.05, 0) is 61.6 Å². The summed E-state index contributed by atoms with van der Waals surface area (Å²) >= 11 is 0. The summed E-state index contributed by atoms with van der Waals surface area (Å²) < 4.78 is 0. The molecule has 210 valence electrons. The molecule has 0 saturated carbocycles. The van der Waals surface area contributed by atoms with Gasteiger partial charge in [0, 0.05) is 35.1 Å². The summed E-state index contributed by atoms with van der Waals surface area (Å²) in [5, 5.41) is 7.14. The number of aromatic nitrogens is 3. The number of rotatable bonds is 13. The molecule has 5 rings (SSSR count). The molecular weight excluding hydrogens is 514 g/mol. The van der Waals surface area contributed by atoms with Gasteiger partial charge in [-0.25, -0.2) is 4.98 Å². The maximum atomic E-state index is 13.4. The lowest BCUT2D eigenvalue weighted by Crippen LogP contribution is -2.47. The average Bonchev–Trinajstić information content (AvgIpc) is 3.61. The molecule has 5 aromatic rings. The van der Waals surface area contributed by atoms with Crippen molar-refractivity contribution < 1.29 is 14.4 Å². The van der Waals surface area contributed by atoms with Gasteiger partial charge in [0.2, 0.25) is 5.91 Å². The maximum absolute atomic E-state index is 13.4. The Morgan fingerprint density at radius 2 is 1.71 bits per heavy atom. The van der Waals surface area contributed by atoms with Crippen LogP contribution in [0.4, 0.5) is 0 Å². The number of imidazole rings is 1. The Bertz CT molecular complexity index is 1650. The number of carbonyl (C=O) groups excluding carboxylic acids is 3. The number of H-pyrrole nitrogens is 2. The highest BCUT2D eigenvalue weighted by molar-refractivity contribution is 5.99. The van der Waals surface area contributed by atoms with Gasteiger partial charge >= 0.3 is 0 Å². The van der Waals surface area contributed by atoms with Crippen LogP contribution in [0.1, 0.15) is 54.9 Å². The summed E-state index contributed by atoms with van der Waals surface area (Å²) in [5.41, 5.74) is 6.33. The van der Waals surface area contributed by atoms with Gasteiger partial charge in [0.25, 0.3) is 5.91 Å². The van der Waals surface area contributed by atoms with Crippen molar-refractivity contribution in [3.63, 3.8) is 0 Å². The van der Waals surface area contributed by atoms with Gasteiger partial charge in [0.1, 0.15) is 11.8 Å². The number of ketones is 1. The molecule has 4 N–H and O–H groups in total. The molecule has 41 heavy (non-hydrogen) atoms. The van der Waals surface area contributed by atoms with Gasteiger partial charge in [0.05, 0.1) is 17.4 Å². The van der Waals surface area contributed by atoms with Crippen LogP contribution >= 0.6 is 0 Å². The van der Waals surface area contributed by atoms with E-state index in [9.17, 15) is 14.4 Å². The number of nitrogens with one attached hydrogen (secondary N) is 4. The molecular formula is C33H35N5O3. The van der Waals surface area contributed by atoms with Crippen LogP contribution in [0.15, 0.2) is 79.1 Å². The van der Waals surface area contributed by atoms with E-state index in [2.05, 4.69) is 49.9 Å². The Labute approximate surface area is 239 Å². The van der Waals surface area contributed by atoms with E-state index in [0.29, 0.717) is 31.4 Å². The van der Waals surface area contributed by atoms with Crippen LogP contribution in [-0.4, -0.2) is 45.1 Å². The van der Waals surface area contributed by atoms with Crippen molar-refractivity contribution in [2.75, 3.05) is 6.54 Å². The number of carbonyl (C=O) groups is 3. The Kier molecular flexibility index (Phi) is 8.89. The number of amides is 2. The molecule has 0 bridgehead atoms. The van der Waals surface area contributed by atoms with Crippen LogP contribution in [0.3, 0.4) is 0 Å². The fraction of sp³-hybridized carbons (Fsp3) is 0.273. The summed E-state index contributed by atoms with van der Waals surface area (Å²) in [5.74, 6) is -0.365. The quantitative estimate of drug-likeness (QED) is 0.141. The topological polar surface area (TPSA) is 120 Å². The van der Waals surface area contributed by atoms with Crippen molar-refractivity contribution in [2.45, 2.75) is 51.5 Å². The number of benzene rings is 3. The Hall–Kier alpha value is -4.72. The molecule has 1 atom stereocenters. The summed E-state index contributed by atoms with van der Waals surface area (Å²) in [6.45, 7) is 2.02. The largest absolute Gasteiger partial charge is 0.354 e. The van der Waals surface area contributed by atoms with E-state index in [1.54, 1.807) is 31.5 Å². The molecule has 0 spiro atoms. The van der Waals surface area contributed by atoms with Gasteiger partial charge in [-0.2, -0.15) is 0 Å². The van der Waals surface area contributed by atoms with E-state index in [1.165, 1.54) is 0 Å². The van der Waals surface area contributed by atoms with Crippen LogP contribution in [0, 0.1) is 0 Å². The highest BCUT2D eigenvalue weighted by Crippen LogP contribution is 2.30. The number of fused-ring (bicyclic) bond motifs is 2. The minimum Gasteiger partial charge on any atom is -0.354 e. The molecule has 2 heterocycles. The number of Topliss-reactive ketones (excluding diaryl/α,β-unsaturated/α-hetero) is 1. The summed E-state index contributed by atoms with van der Waals surface area (Å²) in [6.07, 6.45) is 5.56.